The minimum Gasteiger partial charge on any atom is -0.508 e. The number of nitrogens with two attached hydrogens (primary N) is 1. The standard InChI is InChI=1S/C16H26N2O/c1-12(2)16(17)11-18-8-6-13(7-9-18)14-4-3-5-15(19)10-14/h3-5,10,12-13,16,19H,6-9,11,17H2,1-2H3/t16-/m1/s1. The van der Waals surface area contributed by atoms with Crippen LogP contribution >= 0.6 is 0 Å². The number of likely N-dealkylation sites (tertiary alicyclic amines) is 1. The van der Waals surface area contributed by atoms with E-state index in [-0.39, 0.29) is 6.04 Å². The highest BCUT2D eigenvalue weighted by atomic mass is 16.3. The molecule has 3 heteroatoms. The molecule has 106 valence electrons. The summed E-state index contributed by atoms with van der Waals surface area (Å²) < 4.78 is 0. The van der Waals surface area contributed by atoms with Crippen molar-refractivity contribution in [3.63, 3.8) is 0 Å². The molecule has 2 rings (SSSR count). The molecule has 3 nitrogen and oxygen atoms in total. The molecule has 1 aliphatic rings. The molecule has 0 unspecified atom stereocenters. The van der Waals surface area contributed by atoms with E-state index in [9.17, 15) is 5.11 Å². The maximum absolute atomic E-state index is 9.55. The second kappa shape index (κ2) is 6.40. The van der Waals surface area contributed by atoms with E-state index in [4.69, 9.17) is 5.73 Å². The molecule has 1 fully saturated rings. The van der Waals surface area contributed by atoms with E-state index >= 15 is 0 Å². The molecule has 1 heterocycles. The van der Waals surface area contributed by atoms with E-state index < -0.39 is 0 Å². The molecule has 1 aliphatic heterocycles. The van der Waals surface area contributed by atoms with Gasteiger partial charge in [-0.1, -0.05) is 26.0 Å². The summed E-state index contributed by atoms with van der Waals surface area (Å²) in [4.78, 5) is 2.48. The molecule has 1 aromatic carbocycles. The van der Waals surface area contributed by atoms with Crippen molar-refractivity contribution in [2.75, 3.05) is 19.6 Å². The van der Waals surface area contributed by atoms with E-state index in [1.807, 2.05) is 12.1 Å². The van der Waals surface area contributed by atoms with Crippen LogP contribution in [0.25, 0.3) is 0 Å². The van der Waals surface area contributed by atoms with Crippen LogP contribution in [0.2, 0.25) is 0 Å². The zero-order valence-corrected chi connectivity index (χ0v) is 12.0. The molecule has 0 radical (unpaired) electrons. The fourth-order valence-corrected chi connectivity index (χ4v) is 2.74. The second-order valence-electron chi connectivity index (χ2n) is 6.08. The van der Waals surface area contributed by atoms with Crippen molar-refractivity contribution in [2.24, 2.45) is 11.7 Å². The molecule has 3 N–H and O–H groups in total. The summed E-state index contributed by atoms with van der Waals surface area (Å²) in [5.41, 5.74) is 7.41. The van der Waals surface area contributed by atoms with Crippen molar-refractivity contribution >= 4 is 0 Å². The van der Waals surface area contributed by atoms with Gasteiger partial charge in [-0.3, -0.25) is 0 Å². The topological polar surface area (TPSA) is 49.5 Å². The van der Waals surface area contributed by atoms with Crippen LogP contribution in [0.3, 0.4) is 0 Å². The first kappa shape index (κ1) is 14.4. The Morgan fingerprint density at radius 2 is 2.00 bits per heavy atom. The van der Waals surface area contributed by atoms with Gasteiger partial charge in [0, 0.05) is 12.6 Å². The van der Waals surface area contributed by atoms with Crippen LogP contribution in [-0.2, 0) is 0 Å². The van der Waals surface area contributed by atoms with E-state index in [2.05, 4.69) is 24.8 Å². The summed E-state index contributed by atoms with van der Waals surface area (Å²) in [6.07, 6.45) is 2.32. The highest BCUT2D eigenvalue weighted by Gasteiger charge is 2.22. The first-order valence-electron chi connectivity index (χ1n) is 7.33. The van der Waals surface area contributed by atoms with Crippen molar-refractivity contribution in [3.05, 3.63) is 29.8 Å². The van der Waals surface area contributed by atoms with E-state index in [0.717, 1.165) is 32.5 Å². The number of hydrogen-bond donors (Lipinski definition) is 2. The molecule has 19 heavy (non-hydrogen) atoms. The number of benzene rings is 1. The molecule has 0 saturated carbocycles. The molecule has 0 amide bonds. The van der Waals surface area contributed by atoms with Crippen LogP contribution in [0, 0.1) is 5.92 Å². The maximum atomic E-state index is 9.55. The number of phenolic OH excluding ortho intramolecular Hbond substituents is 1. The van der Waals surface area contributed by atoms with Crippen molar-refractivity contribution in [3.8, 4) is 5.75 Å². The summed E-state index contributed by atoms with van der Waals surface area (Å²) >= 11 is 0. The molecule has 0 aromatic heterocycles. The van der Waals surface area contributed by atoms with Gasteiger partial charge in [0.1, 0.15) is 5.75 Å². The Hall–Kier alpha value is -1.06. The predicted octanol–water partition coefficient (Wildman–Crippen LogP) is 2.55. The second-order valence-corrected chi connectivity index (χ2v) is 6.08. The van der Waals surface area contributed by atoms with Crippen molar-refractivity contribution < 1.29 is 5.11 Å². The number of phenols is 1. The van der Waals surface area contributed by atoms with Gasteiger partial charge < -0.3 is 15.7 Å². The fourth-order valence-electron chi connectivity index (χ4n) is 2.74. The predicted molar refractivity (Wildman–Crippen MR) is 79.3 cm³/mol. The van der Waals surface area contributed by atoms with Crippen LogP contribution in [0.15, 0.2) is 24.3 Å². The van der Waals surface area contributed by atoms with Gasteiger partial charge in [0.25, 0.3) is 0 Å². The number of nitrogens with zero attached hydrogens (tertiary/aromatic N) is 1. The molecular weight excluding hydrogens is 236 g/mol. The van der Waals surface area contributed by atoms with Gasteiger partial charge in [0.05, 0.1) is 0 Å². The molecule has 0 aliphatic carbocycles. The third-order valence-corrected chi connectivity index (χ3v) is 4.25. The SMILES string of the molecule is CC(C)[C@H](N)CN1CCC(c2cccc(O)c2)CC1. The minimum atomic E-state index is 0.275. The minimum absolute atomic E-state index is 0.275. The molecule has 1 aromatic rings. The van der Waals surface area contributed by atoms with Gasteiger partial charge in [-0.05, 0) is 55.5 Å². The number of aromatic hydroxyl groups is 1. The highest BCUT2D eigenvalue weighted by Crippen LogP contribution is 2.29. The van der Waals surface area contributed by atoms with Gasteiger partial charge >= 0.3 is 0 Å². The van der Waals surface area contributed by atoms with Crippen LogP contribution in [-0.4, -0.2) is 35.7 Å². The Morgan fingerprint density at radius 1 is 1.32 bits per heavy atom. The zero-order chi connectivity index (χ0) is 13.8. The largest absolute Gasteiger partial charge is 0.508 e. The lowest BCUT2D eigenvalue weighted by atomic mass is 9.89. The molecule has 1 atom stereocenters. The van der Waals surface area contributed by atoms with Gasteiger partial charge in [0.15, 0.2) is 0 Å². The Balaban J connectivity index is 1.85. The summed E-state index contributed by atoms with van der Waals surface area (Å²) in [5, 5.41) is 9.55. The molecule has 0 spiro atoms. The lowest BCUT2D eigenvalue weighted by Gasteiger charge is -2.34. The first-order valence-corrected chi connectivity index (χ1v) is 7.33. The zero-order valence-electron chi connectivity index (χ0n) is 12.0. The Labute approximate surface area is 116 Å². The van der Waals surface area contributed by atoms with Gasteiger partial charge in [-0.15, -0.1) is 0 Å². The normalized spacial score (nSPS) is 19.8. The lowest BCUT2D eigenvalue weighted by molar-refractivity contribution is 0.189. The monoisotopic (exact) mass is 262 g/mol. The smallest absolute Gasteiger partial charge is 0.115 e. The third kappa shape index (κ3) is 3.95. The van der Waals surface area contributed by atoms with Crippen LogP contribution in [0.1, 0.15) is 38.2 Å². The van der Waals surface area contributed by atoms with Crippen LogP contribution in [0.5, 0.6) is 5.75 Å². The average Bonchev–Trinajstić information content (AvgIpc) is 2.39. The van der Waals surface area contributed by atoms with E-state index in [1.165, 1.54) is 5.56 Å². The van der Waals surface area contributed by atoms with Crippen LogP contribution in [0.4, 0.5) is 0 Å². The quantitative estimate of drug-likeness (QED) is 0.876. The van der Waals surface area contributed by atoms with Crippen molar-refractivity contribution in [1.29, 1.82) is 0 Å². The molecule has 0 bridgehead atoms. The number of piperidine rings is 1. The van der Waals surface area contributed by atoms with Crippen LogP contribution < -0.4 is 5.73 Å². The van der Waals surface area contributed by atoms with Crippen molar-refractivity contribution in [1.82, 2.24) is 4.90 Å². The summed E-state index contributed by atoms with van der Waals surface area (Å²) in [6.45, 7) is 7.60. The number of rotatable bonds is 4. The maximum Gasteiger partial charge on any atom is 0.115 e. The van der Waals surface area contributed by atoms with Crippen molar-refractivity contribution in [2.45, 2.75) is 38.6 Å². The third-order valence-electron chi connectivity index (χ3n) is 4.25. The Bertz CT molecular complexity index is 397. The summed E-state index contributed by atoms with van der Waals surface area (Å²) in [6, 6.07) is 7.98. The summed E-state index contributed by atoms with van der Waals surface area (Å²) in [5.74, 6) is 1.50. The Morgan fingerprint density at radius 3 is 2.58 bits per heavy atom. The summed E-state index contributed by atoms with van der Waals surface area (Å²) in [7, 11) is 0. The van der Waals surface area contributed by atoms with Gasteiger partial charge in [-0.25, -0.2) is 0 Å². The first-order chi connectivity index (χ1) is 9.06. The van der Waals surface area contributed by atoms with Gasteiger partial charge in [-0.2, -0.15) is 0 Å². The average molecular weight is 262 g/mol. The number of hydrogen-bond acceptors (Lipinski definition) is 3. The molecular formula is C16H26N2O. The van der Waals surface area contributed by atoms with E-state index in [0.29, 0.717) is 17.6 Å². The van der Waals surface area contributed by atoms with Gasteiger partial charge in [0.2, 0.25) is 0 Å². The van der Waals surface area contributed by atoms with E-state index in [1.54, 1.807) is 6.07 Å². The fraction of sp³-hybridized carbons (Fsp3) is 0.625. The molecule has 1 saturated heterocycles. The highest BCUT2D eigenvalue weighted by molar-refractivity contribution is 5.30. The Kier molecular flexibility index (Phi) is 4.83. The lowest BCUT2D eigenvalue weighted by Crippen LogP contribution is -2.43.